The van der Waals surface area contributed by atoms with Crippen molar-refractivity contribution in [2.24, 2.45) is 0 Å². The Morgan fingerprint density at radius 3 is 1.26 bits per heavy atom. The van der Waals surface area contributed by atoms with Gasteiger partial charge in [-0.15, -0.1) is 0 Å². The fourth-order valence-electron chi connectivity index (χ4n) is 2.78. The van der Waals surface area contributed by atoms with Gasteiger partial charge in [0.05, 0.1) is 38.9 Å². The minimum Gasteiger partial charge on any atom is -0.747 e. The fourth-order valence-corrected chi connectivity index (χ4v) is 4.16. The molecule has 2 aliphatic rings. The molecule has 2 unspecified atom stereocenters. The summed E-state index contributed by atoms with van der Waals surface area (Å²) in [6.07, 6.45) is -2.74. The van der Waals surface area contributed by atoms with E-state index in [0.717, 1.165) is 0 Å². The molecule has 38 heavy (non-hydrogen) atoms. The largest absolute Gasteiger partial charge is 1.00 e. The Morgan fingerprint density at radius 1 is 0.684 bits per heavy atom. The first-order valence-corrected chi connectivity index (χ1v) is 12.8. The van der Waals surface area contributed by atoms with Gasteiger partial charge in [-0.2, -0.15) is 10.1 Å². The summed E-state index contributed by atoms with van der Waals surface area (Å²) in [7, 11) is -10.1. The molecule has 0 aromatic carbocycles. The van der Waals surface area contributed by atoms with Crippen LogP contribution in [0.25, 0.3) is 0 Å². The van der Waals surface area contributed by atoms with Crippen LogP contribution in [-0.4, -0.2) is 109 Å². The van der Waals surface area contributed by atoms with Gasteiger partial charge in [-0.1, -0.05) is 0 Å². The summed E-state index contributed by atoms with van der Waals surface area (Å²) in [4.78, 5) is 79.2. The molecule has 22 heteroatoms. The van der Waals surface area contributed by atoms with Crippen molar-refractivity contribution in [2.75, 3.05) is 26.4 Å². The first kappa shape index (κ1) is 37.0. The van der Waals surface area contributed by atoms with Crippen LogP contribution in [0.2, 0.25) is 0 Å². The third kappa shape index (κ3) is 10.5. The number of esters is 2. The molecule has 2 aliphatic heterocycles. The maximum Gasteiger partial charge on any atom is 1.00 e. The molecule has 0 aliphatic carbocycles. The maximum atomic E-state index is 11.7. The Bertz CT molecular complexity index is 1070. The summed E-state index contributed by atoms with van der Waals surface area (Å²) in [5.41, 5.74) is 0. The van der Waals surface area contributed by atoms with Crippen LogP contribution in [-0.2, 0) is 68.2 Å². The van der Waals surface area contributed by atoms with E-state index in [0.29, 0.717) is 0 Å². The fraction of sp³-hybridized carbons (Fsp3) is 0.625. The molecule has 0 aromatic rings. The smallest absolute Gasteiger partial charge is 0.747 e. The molecule has 202 valence electrons. The van der Waals surface area contributed by atoms with Crippen LogP contribution >= 0.6 is 0 Å². The van der Waals surface area contributed by atoms with Gasteiger partial charge in [0.25, 0.3) is 23.6 Å². The molecule has 4 amide bonds. The minimum atomic E-state index is -5.05. The van der Waals surface area contributed by atoms with Crippen molar-refractivity contribution < 1.29 is 133 Å². The van der Waals surface area contributed by atoms with Crippen molar-refractivity contribution in [1.82, 2.24) is 10.1 Å². The average molecular weight is 604 g/mol. The van der Waals surface area contributed by atoms with Gasteiger partial charge in [0.2, 0.25) is 0 Å². The molecule has 0 spiro atoms. The Labute approximate surface area is 259 Å². The number of rotatable bonds is 13. The van der Waals surface area contributed by atoms with Gasteiger partial charge >= 0.3 is 71.1 Å². The minimum absolute atomic E-state index is 0. The van der Waals surface area contributed by atoms with Crippen LogP contribution in [0.3, 0.4) is 0 Å². The van der Waals surface area contributed by atoms with Gasteiger partial charge in [0.15, 0.2) is 0 Å². The second-order valence-electron chi connectivity index (χ2n) is 7.03. The van der Waals surface area contributed by atoms with E-state index in [2.05, 4.69) is 0 Å². The maximum absolute atomic E-state index is 11.7. The van der Waals surface area contributed by atoms with E-state index in [1.54, 1.807) is 0 Å². The van der Waals surface area contributed by atoms with Crippen LogP contribution in [0.15, 0.2) is 0 Å². The van der Waals surface area contributed by atoms with Crippen molar-refractivity contribution >= 4 is 55.8 Å². The zero-order valence-corrected chi connectivity index (χ0v) is 25.7. The topological polar surface area (TPSA) is 260 Å². The number of amides is 4. The molecule has 0 aromatic heterocycles. The molecule has 0 bridgehead atoms. The molecule has 2 atom stereocenters. The van der Waals surface area contributed by atoms with E-state index in [4.69, 9.17) is 19.1 Å². The molecule has 0 saturated carbocycles. The normalized spacial score (nSPS) is 19.7. The molecule has 0 radical (unpaired) electrons. The number of hydroxylamine groups is 4. The predicted octanol–water partition coefficient (Wildman–Crippen LogP) is -9.93. The van der Waals surface area contributed by atoms with E-state index >= 15 is 0 Å². The van der Waals surface area contributed by atoms with E-state index in [-0.39, 0.29) is 69.2 Å². The summed E-state index contributed by atoms with van der Waals surface area (Å²) < 4.78 is 74.9. The summed E-state index contributed by atoms with van der Waals surface area (Å²) in [5, 5.41) is -4.03. The Balaban J connectivity index is 0.00000684. The number of carbonyl (C=O) groups is 6. The van der Waals surface area contributed by atoms with E-state index in [1.807, 2.05) is 0 Å². The molecular weight excluding hydrogens is 586 g/mol. The molecule has 18 nitrogen and oxygen atoms in total. The summed E-state index contributed by atoms with van der Waals surface area (Å²) in [6, 6.07) is 0. The molecule has 0 N–H and O–H groups in total. The number of imide groups is 2. The number of hydrogen-bond donors (Lipinski definition) is 0. The quantitative estimate of drug-likeness (QED) is 0.0621. The first-order chi connectivity index (χ1) is 16.6. The standard InChI is InChI=1S/C16H20N2O16S2.2Na/c19-11-7-9(35(25,26)27)15(23)17(11)33-3-1-13(21)31-5-6-32-14(22)2-4-34-18-12(20)8-10(16(18)24)36(28,29)30;;/h9-10H,1-8H2,(H,25,26,27)(H,28,29,30);;/q;2*+1/p-2. The number of nitrogens with zero attached hydrogens (tertiary/aromatic N) is 2. The first-order valence-electron chi connectivity index (χ1n) is 9.83. The molecule has 2 heterocycles. The van der Waals surface area contributed by atoms with Gasteiger partial charge in [0.1, 0.15) is 43.9 Å². The van der Waals surface area contributed by atoms with Crippen LogP contribution in [0.1, 0.15) is 25.7 Å². The van der Waals surface area contributed by atoms with Crippen LogP contribution in [0.4, 0.5) is 0 Å². The third-order valence-electron chi connectivity index (χ3n) is 4.48. The number of hydrogen-bond acceptors (Lipinski definition) is 16. The molecule has 2 fully saturated rings. The van der Waals surface area contributed by atoms with Gasteiger partial charge in [-0.25, -0.2) is 16.8 Å². The van der Waals surface area contributed by atoms with Gasteiger partial charge in [-0.05, 0) is 0 Å². The van der Waals surface area contributed by atoms with Gasteiger partial charge in [-0.3, -0.25) is 38.4 Å². The number of carbonyl (C=O) groups excluding carboxylic acids is 6. The van der Waals surface area contributed by atoms with Crippen molar-refractivity contribution in [2.45, 2.75) is 36.2 Å². The SMILES string of the molecule is O=C(CCON1C(=O)CC(S(=O)(=O)[O-])C1=O)OCCOC(=O)CCON1C(=O)CC(S(=O)(=O)[O-])C1=O.[Na+].[Na+]. The monoisotopic (exact) mass is 604 g/mol. The Kier molecular flexibility index (Phi) is 15.2. The van der Waals surface area contributed by atoms with Crippen molar-refractivity contribution in [3.63, 3.8) is 0 Å². The zero-order valence-electron chi connectivity index (χ0n) is 20.1. The summed E-state index contributed by atoms with van der Waals surface area (Å²) >= 11 is 0. The van der Waals surface area contributed by atoms with E-state index in [9.17, 15) is 54.7 Å². The average Bonchev–Trinajstić information content (AvgIpc) is 3.21. The van der Waals surface area contributed by atoms with E-state index < -0.39 is 118 Å². The molecule has 2 rings (SSSR count). The molecular formula is C16H18N2Na2O16S2. The van der Waals surface area contributed by atoms with Gasteiger partial charge in [0, 0.05) is 0 Å². The predicted molar refractivity (Wildman–Crippen MR) is 103 cm³/mol. The number of ether oxygens (including phenoxy) is 2. The second-order valence-corrected chi connectivity index (χ2v) is 10.1. The van der Waals surface area contributed by atoms with Crippen LogP contribution in [0, 0.1) is 0 Å². The Morgan fingerprint density at radius 2 is 1.00 bits per heavy atom. The van der Waals surface area contributed by atoms with Gasteiger partial charge < -0.3 is 18.6 Å². The second kappa shape index (κ2) is 15.7. The van der Waals surface area contributed by atoms with Crippen LogP contribution in [0.5, 0.6) is 0 Å². The van der Waals surface area contributed by atoms with Crippen LogP contribution < -0.4 is 59.1 Å². The van der Waals surface area contributed by atoms with Crippen molar-refractivity contribution in [3.05, 3.63) is 0 Å². The summed E-state index contributed by atoms with van der Waals surface area (Å²) in [5.74, 6) is -6.68. The Hall–Kier alpha value is -1.04. The third-order valence-corrected chi connectivity index (χ3v) is 6.61. The summed E-state index contributed by atoms with van der Waals surface area (Å²) in [6.45, 7) is -1.98. The van der Waals surface area contributed by atoms with Crippen molar-refractivity contribution in [3.8, 4) is 0 Å². The van der Waals surface area contributed by atoms with E-state index in [1.165, 1.54) is 0 Å². The zero-order chi connectivity index (χ0) is 27.3. The molecule has 2 saturated heterocycles. The van der Waals surface area contributed by atoms with Crippen molar-refractivity contribution in [1.29, 1.82) is 0 Å².